The summed E-state index contributed by atoms with van der Waals surface area (Å²) >= 11 is 0. The SMILES string of the molecule is CCCCCCCCCCCCCC[C@H](O)[C@H](O)[C@H](CO)NC(=O)CCCCCCCCCCC. The number of nitrogens with one attached hydrogen (secondary N) is 1. The van der Waals surface area contributed by atoms with Gasteiger partial charge in [0, 0.05) is 6.42 Å². The summed E-state index contributed by atoms with van der Waals surface area (Å²) in [6, 6.07) is -0.798. The first-order valence-electron chi connectivity index (χ1n) is 15.3. The minimum atomic E-state index is -1.13. The van der Waals surface area contributed by atoms with Gasteiger partial charge in [0.1, 0.15) is 6.10 Å². The fourth-order valence-corrected chi connectivity index (χ4v) is 4.75. The minimum Gasteiger partial charge on any atom is -0.394 e. The molecule has 0 aromatic rings. The summed E-state index contributed by atoms with van der Waals surface area (Å²) in [5.41, 5.74) is 0. The van der Waals surface area contributed by atoms with Crippen molar-refractivity contribution in [2.45, 2.75) is 180 Å². The first kappa shape index (κ1) is 34.4. The van der Waals surface area contributed by atoms with Gasteiger partial charge in [0.15, 0.2) is 0 Å². The van der Waals surface area contributed by atoms with Crippen LogP contribution in [0.5, 0.6) is 0 Å². The molecule has 0 radical (unpaired) electrons. The van der Waals surface area contributed by atoms with E-state index >= 15 is 0 Å². The zero-order valence-corrected chi connectivity index (χ0v) is 23.5. The minimum absolute atomic E-state index is 0.149. The molecule has 4 N–H and O–H groups in total. The predicted molar refractivity (Wildman–Crippen MR) is 149 cm³/mol. The third-order valence-electron chi connectivity index (χ3n) is 7.21. The molecule has 0 aliphatic carbocycles. The van der Waals surface area contributed by atoms with E-state index in [-0.39, 0.29) is 12.5 Å². The monoisotopic (exact) mass is 499 g/mol. The molecule has 1 amide bonds. The van der Waals surface area contributed by atoms with Crippen molar-refractivity contribution in [1.29, 1.82) is 0 Å². The van der Waals surface area contributed by atoms with Gasteiger partial charge in [0.25, 0.3) is 0 Å². The van der Waals surface area contributed by atoms with Crippen molar-refractivity contribution in [2.75, 3.05) is 6.61 Å². The predicted octanol–water partition coefficient (Wildman–Crippen LogP) is 7.20. The zero-order valence-electron chi connectivity index (χ0n) is 23.5. The third-order valence-corrected chi connectivity index (χ3v) is 7.21. The lowest BCUT2D eigenvalue weighted by atomic mass is 9.99. The Balaban J connectivity index is 3.75. The Labute approximate surface area is 217 Å². The van der Waals surface area contributed by atoms with Crippen LogP contribution in [-0.2, 0) is 4.79 Å². The van der Waals surface area contributed by atoms with Crippen LogP contribution in [0.2, 0.25) is 0 Å². The Morgan fingerprint density at radius 3 is 1.37 bits per heavy atom. The van der Waals surface area contributed by atoms with E-state index in [1.54, 1.807) is 0 Å². The van der Waals surface area contributed by atoms with Gasteiger partial charge in [-0.1, -0.05) is 142 Å². The summed E-state index contributed by atoms with van der Waals surface area (Å²) in [5.74, 6) is -0.149. The highest BCUT2D eigenvalue weighted by atomic mass is 16.3. The Hall–Kier alpha value is -0.650. The molecule has 0 aliphatic heterocycles. The Bertz CT molecular complexity index is 446. The maximum Gasteiger partial charge on any atom is 0.220 e. The highest BCUT2D eigenvalue weighted by Gasteiger charge is 2.26. The Morgan fingerprint density at radius 1 is 0.600 bits per heavy atom. The molecule has 0 bridgehead atoms. The average Bonchev–Trinajstić information content (AvgIpc) is 2.86. The quantitative estimate of drug-likeness (QED) is 0.0900. The van der Waals surface area contributed by atoms with Gasteiger partial charge in [-0.05, 0) is 12.8 Å². The van der Waals surface area contributed by atoms with Crippen molar-refractivity contribution in [3.63, 3.8) is 0 Å². The smallest absolute Gasteiger partial charge is 0.220 e. The second-order valence-corrected chi connectivity index (χ2v) is 10.7. The molecule has 0 aromatic carbocycles. The molecule has 5 nitrogen and oxygen atoms in total. The lowest BCUT2D eigenvalue weighted by Crippen LogP contribution is -2.50. The normalized spacial score (nSPS) is 14.1. The highest BCUT2D eigenvalue weighted by Crippen LogP contribution is 2.15. The van der Waals surface area contributed by atoms with E-state index in [4.69, 9.17) is 0 Å². The molecule has 0 saturated carbocycles. The van der Waals surface area contributed by atoms with Crippen LogP contribution in [0.25, 0.3) is 0 Å². The number of aliphatic hydroxyl groups is 3. The van der Waals surface area contributed by atoms with E-state index in [2.05, 4.69) is 19.2 Å². The van der Waals surface area contributed by atoms with Crippen molar-refractivity contribution >= 4 is 5.91 Å². The van der Waals surface area contributed by atoms with Gasteiger partial charge in [0.05, 0.1) is 18.8 Å². The van der Waals surface area contributed by atoms with E-state index in [9.17, 15) is 20.1 Å². The van der Waals surface area contributed by atoms with E-state index in [0.29, 0.717) is 12.8 Å². The van der Waals surface area contributed by atoms with Gasteiger partial charge >= 0.3 is 0 Å². The maximum absolute atomic E-state index is 12.2. The molecular weight excluding hydrogens is 438 g/mol. The Kier molecular flexibility index (Phi) is 25.9. The molecule has 3 atom stereocenters. The van der Waals surface area contributed by atoms with Crippen LogP contribution in [0.3, 0.4) is 0 Å². The molecule has 210 valence electrons. The maximum atomic E-state index is 12.2. The van der Waals surface area contributed by atoms with E-state index < -0.39 is 18.2 Å². The standard InChI is InChI=1S/C30H61NO4/c1-3-5-7-9-11-13-14-15-17-18-20-22-24-28(33)30(35)27(26-32)31-29(34)25-23-21-19-16-12-10-8-6-4-2/h27-28,30,32-33,35H,3-26H2,1-2H3,(H,31,34)/t27-,28-,30+/m0/s1. The van der Waals surface area contributed by atoms with Crippen LogP contribution in [0.1, 0.15) is 162 Å². The molecule has 0 saturated heterocycles. The van der Waals surface area contributed by atoms with Crippen molar-refractivity contribution in [3.8, 4) is 0 Å². The summed E-state index contributed by atoms with van der Waals surface area (Å²) < 4.78 is 0. The van der Waals surface area contributed by atoms with Crippen molar-refractivity contribution in [1.82, 2.24) is 5.32 Å². The fraction of sp³-hybridized carbons (Fsp3) is 0.967. The lowest BCUT2D eigenvalue weighted by Gasteiger charge is -2.26. The van der Waals surface area contributed by atoms with Crippen LogP contribution in [-0.4, -0.2) is 46.1 Å². The van der Waals surface area contributed by atoms with E-state index in [0.717, 1.165) is 38.5 Å². The fourth-order valence-electron chi connectivity index (χ4n) is 4.75. The summed E-state index contributed by atoms with van der Waals surface area (Å²) in [6.07, 6.45) is 24.7. The van der Waals surface area contributed by atoms with Crippen LogP contribution < -0.4 is 5.32 Å². The van der Waals surface area contributed by atoms with Gasteiger partial charge in [-0.15, -0.1) is 0 Å². The molecule has 0 fully saturated rings. The molecule has 35 heavy (non-hydrogen) atoms. The number of unbranched alkanes of at least 4 members (excludes halogenated alkanes) is 19. The number of rotatable bonds is 27. The highest BCUT2D eigenvalue weighted by molar-refractivity contribution is 5.76. The number of carbonyl (C=O) groups is 1. The largest absolute Gasteiger partial charge is 0.394 e. The molecule has 5 heteroatoms. The third kappa shape index (κ3) is 22.3. The first-order valence-corrected chi connectivity index (χ1v) is 15.3. The van der Waals surface area contributed by atoms with Crippen LogP contribution in [0.4, 0.5) is 0 Å². The Morgan fingerprint density at radius 2 is 0.971 bits per heavy atom. The van der Waals surface area contributed by atoms with Gasteiger partial charge in [-0.25, -0.2) is 0 Å². The molecule has 0 heterocycles. The summed E-state index contributed by atoms with van der Waals surface area (Å²) in [5, 5.41) is 33.1. The number of hydrogen-bond donors (Lipinski definition) is 4. The van der Waals surface area contributed by atoms with Crippen molar-refractivity contribution in [3.05, 3.63) is 0 Å². The topological polar surface area (TPSA) is 89.8 Å². The first-order chi connectivity index (χ1) is 17.1. The van der Waals surface area contributed by atoms with Crippen molar-refractivity contribution < 1.29 is 20.1 Å². The lowest BCUT2D eigenvalue weighted by molar-refractivity contribution is -0.124. The van der Waals surface area contributed by atoms with E-state index in [1.807, 2.05) is 0 Å². The van der Waals surface area contributed by atoms with Crippen LogP contribution >= 0.6 is 0 Å². The van der Waals surface area contributed by atoms with E-state index in [1.165, 1.54) is 96.3 Å². The molecule has 0 spiro atoms. The van der Waals surface area contributed by atoms with Gasteiger partial charge in [-0.3, -0.25) is 4.79 Å². The zero-order chi connectivity index (χ0) is 26.0. The molecular formula is C30H61NO4. The number of amides is 1. The molecule has 0 rings (SSSR count). The van der Waals surface area contributed by atoms with Gasteiger partial charge in [0.2, 0.25) is 5.91 Å². The second kappa shape index (κ2) is 26.4. The summed E-state index contributed by atoms with van der Waals surface area (Å²) in [4.78, 5) is 12.2. The van der Waals surface area contributed by atoms with Crippen LogP contribution in [0, 0.1) is 0 Å². The van der Waals surface area contributed by atoms with Gasteiger partial charge < -0.3 is 20.6 Å². The van der Waals surface area contributed by atoms with Crippen LogP contribution in [0.15, 0.2) is 0 Å². The van der Waals surface area contributed by atoms with Crippen molar-refractivity contribution in [2.24, 2.45) is 0 Å². The average molecular weight is 500 g/mol. The summed E-state index contributed by atoms with van der Waals surface area (Å²) in [7, 11) is 0. The molecule has 0 unspecified atom stereocenters. The molecule has 0 aromatic heterocycles. The van der Waals surface area contributed by atoms with Gasteiger partial charge in [-0.2, -0.15) is 0 Å². The number of hydrogen-bond acceptors (Lipinski definition) is 4. The summed E-state index contributed by atoms with van der Waals surface area (Å²) in [6.45, 7) is 4.12. The number of carbonyl (C=O) groups excluding carboxylic acids is 1. The number of aliphatic hydroxyl groups excluding tert-OH is 3. The molecule has 0 aliphatic rings. The second-order valence-electron chi connectivity index (χ2n) is 10.7.